The molecule has 1 saturated carbocycles. The normalized spacial score (nSPS) is 17.7. The topological polar surface area (TPSA) is 24.9 Å². The molecule has 15 heavy (non-hydrogen) atoms. The van der Waals surface area contributed by atoms with Crippen LogP contribution < -0.4 is 5.32 Å². The van der Waals surface area contributed by atoms with E-state index in [9.17, 15) is 4.39 Å². The lowest BCUT2D eigenvalue weighted by molar-refractivity contribution is 0.494. The maximum Gasteiger partial charge on any atom is 0.144 e. The van der Waals surface area contributed by atoms with Crippen LogP contribution in [0, 0.1) is 11.7 Å². The van der Waals surface area contributed by atoms with Crippen LogP contribution in [0.25, 0.3) is 0 Å². The molecule has 0 amide bonds. The van der Waals surface area contributed by atoms with Gasteiger partial charge in [-0.15, -0.1) is 0 Å². The first-order valence-electron chi connectivity index (χ1n) is 5.57. The summed E-state index contributed by atoms with van der Waals surface area (Å²) in [5, 5.41) is 3.46. The SMILES string of the molecule is CC(CNC1CC1)Cc1ccncc1F. The zero-order valence-corrected chi connectivity index (χ0v) is 9.04. The van der Waals surface area contributed by atoms with Gasteiger partial charge in [-0.3, -0.25) is 4.98 Å². The van der Waals surface area contributed by atoms with Crippen molar-refractivity contribution in [3.8, 4) is 0 Å². The predicted octanol–water partition coefficient (Wildman–Crippen LogP) is 2.15. The van der Waals surface area contributed by atoms with Crippen molar-refractivity contribution >= 4 is 0 Å². The van der Waals surface area contributed by atoms with Crippen LogP contribution in [-0.4, -0.2) is 17.6 Å². The minimum absolute atomic E-state index is 0.184. The molecule has 82 valence electrons. The van der Waals surface area contributed by atoms with Gasteiger partial charge in [-0.1, -0.05) is 6.92 Å². The fourth-order valence-electron chi connectivity index (χ4n) is 1.67. The van der Waals surface area contributed by atoms with E-state index in [-0.39, 0.29) is 5.82 Å². The standard InChI is InChI=1S/C12H17FN2/c1-9(7-15-11-2-3-11)6-10-4-5-14-8-12(10)13/h4-5,8-9,11,15H,2-3,6-7H2,1H3. The van der Waals surface area contributed by atoms with Crippen LogP contribution in [-0.2, 0) is 6.42 Å². The van der Waals surface area contributed by atoms with Crippen LogP contribution in [0.3, 0.4) is 0 Å². The van der Waals surface area contributed by atoms with Crippen molar-refractivity contribution in [3.63, 3.8) is 0 Å². The second-order valence-electron chi connectivity index (χ2n) is 4.46. The molecule has 0 spiro atoms. The summed E-state index contributed by atoms with van der Waals surface area (Å²) >= 11 is 0. The van der Waals surface area contributed by atoms with Crippen LogP contribution >= 0.6 is 0 Å². The molecule has 1 aliphatic carbocycles. The Bertz CT molecular complexity index is 323. The summed E-state index contributed by atoms with van der Waals surface area (Å²) in [6, 6.07) is 2.50. The molecule has 0 saturated heterocycles. The van der Waals surface area contributed by atoms with Crippen molar-refractivity contribution < 1.29 is 4.39 Å². The van der Waals surface area contributed by atoms with Gasteiger partial charge in [-0.05, 0) is 43.4 Å². The maximum atomic E-state index is 13.3. The van der Waals surface area contributed by atoms with E-state index < -0.39 is 0 Å². The van der Waals surface area contributed by atoms with Crippen LogP contribution in [0.1, 0.15) is 25.3 Å². The Morgan fingerprint density at radius 1 is 1.60 bits per heavy atom. The van der Waals surface area contributed by atoms with E-state index in [2.05, 4.69) is 17.2 Å². The minimum atomic E-state index is -0.184. The molecular formula is C12H17FN2. The molecule has 1 fully saturated rings. The van der Waals surface area contributed by atoms with Crippen LogP contribution in [0.4, 0.5) is 4.39 Å². The Labute approximate surface area is 89.9 Å². The van der Waals surface area contributed by atoms with Gasteiger partial charge in [-0.25, -0.2) is 4.39 Å². The molecule has 0 bridgehead atoms. The fourth-order valence-corrected chi connectivity index (χ4v) is 1.67. The zero-order chi connectivity index (χ0) is 10.7. The summed E-state index contributed by atoms with van der Waals surface area (Å²) in [7, 11) is 0. The Morgan fingerprint density at radius 2 is 2.40 bits per heavy atom. The summed E-state index contributed by atoms with van der Waals surface area (Å²) in [5.74, 6) is 0.290. The fraction of sp³-hybridized carbons (Fsp3) is 0.583. The first-order chi connectivity index (χ1) is 7.25. The molecule has 2 nitrogen and oxygen atoms in total. The van der Waals surface area contributed by atoms with Gasteiger partial charge in [0.1, 0.15) is 5.82 Å². The molecule has 1 aliphatic rings. The van der Waals surface area contributed by atoms with E-state index >= 15 is 0 Å². The maximum absolute atomic E-state index is 13.3. The van der Waals surface area contributed by atoms with E-state index in [0.29, 0.717) is 5.92 Å². The number of hydrogen-bond acceptors (Lipinski definition) is 2. The first kappa shape index (κ1) is 10.6. The number of halogens is 1. The van der Waals surface area contributed by atoms with Gasteiger partial charge in [-0.2, -0.15) is 0 Å². The lowest BCUT2D eigenvalue weighted by atomic mass is 10.0. The summed E-state index contributed by atoms with van der Waals surface area (Å²) in [6.45, 7) is 3.13. The monoisotopic (exact) mass is 208 g/mol. The van der Waals surface area contributed by atoms with E-state index in [1.165, 1.54) is 19.0 Å². The van der Waals surface area contributed by atoms with Gasteiger partial charge in [0.05, 0.1) is 6.20 Å². The van der Waals surface area contributed by atoms with Crippen molar-refractivity contribution in [2.75, 3.05) is 6.54 Å². The number of pyridine rings is 1. The summed E-state index contributed by atoms with van der Waals surface area (Å²) < 4.78 is 13.3. The molecule has 0 radical (unpaired) electrons. The quantitative estimate of drug-likeness (QED) is 0.802. The second kappa shape index (κ2) is 4.71. The third-order valence-electron chi connectivity index (χ3n) is 2.76. The Kier molecular flexibility index (Phi) is 3.31. The van der Waals surface area contributed by atoms with Gasteiger partial charge in [0.15, 0.2) is 0 Å². The highest BCUT2D eigenvalue weighted by atomic mass is 19.1. The molecule has 3 heteroatoms. The zero-order valence-electron chi connectivity index (χ0n) is 9.04. The lowest BCUT2D eigenvalue weighted by Gasteiger charge is -2.12. The Balaban J connectivity index is 1.81. The highest BCUT2D eigenvalue weighted by Crippen LogP contribution is 2.19. The number of aromatic nitrogens is 1. The Morgan fingerprint density at radius 3 is 3.07 bits per heavy atom. The summed E-state index contributed by atoms with van der Waals surface area (Å²) in [4.78, 5) is 3.75. The van der Waals surface area contributed by atoms with Gasteiger partial charge < -0.3 is 5.32 Å². The number of nitrogens with one attached hydrogen (secondary N) is 1. The summed E-state index contributed by atoms with van der Waals surface area (Å²) in [5.41, 5.74) is 0.773. The third kappa shape index (κ3) is 3.27. The molecular weight excluding hydrogens is 191 g/mol. The molecule has 2 rings (SSSR count). The molecule has 1 aromatic rings. The average Bonchev–Trinajstić information content (AvgIpc) is 3.02. The highest BCUT2D eigenvalue weighted by molar-refractivity contribution is 5.13. The molecule has 1 heterocycles. The van der Waals surface area contributed by atoms with Crippen LogP contribution in [0.5, 0.6) is 0 Å². The number of rotatable bonds is 5. The predicted molar refractivity (Wildman–Crippen MR) is 58.1 cm³/mol. The van der Waals surface area contributed by atoms with Crippen LogP contribution in [0.2, 0.25) is 0 Å². The van der Waals surface area contributed by atoms with E-state index in [1.54, 1.807) is 12.3 Å². The van der Waals surface area contributed by atoms with Gasteiger partial charge in [0.2, 0.25) is 0 Å². The van der Waals surface area contributed by atoms with Gasteiger partial charge in [0.25, 0.3) is 0 Å². The van der Waals surface area contributed by atoms with Gasteiger partial charge in [0, 0.05) is 12.2 Å². The molecule has 1 atom stereocenters. The highest BCUT2D eigenvalue weighted by Gasteiger charge is 2.21. The van der Waals surface area contributed by atoms with E-state index in [0.717, 1.165) is 24.6 Å². The van der Waals surface area contributed by atoms with Gasteiger partial charge >= 0.3 is 0 Å². The van der Waals surface area contributed by atoms with Crippen molar-refractivity contribution in [3.05, 3.63) is 29.8 Å². The number of nitrogens with zero attached hydrogens (tertiary/aromatic N) is 1. The molecule has 1 unspecified atom stereocenters. The second-order valence-corrected chi connectivity index (χ2v) is 4.46. The van der Waals surface area contributed by atoms with Crippen LogP contribution in [0.15, 0.2) is 18.5 Å². The molecule has 1 aromatic heterocycles. The van der Waals surface area contributed by atoms with E-state index in [1.807, 2.05) is 0 Å². The number of hydrogen-bond donors (Lipinski definition) is 1. The smallest absolute Gasteiger partial charge is 0.144 e. The third-order valence-corrected chi connectivity index (χ3v) is 2.76. The van der Waals surface area contributed by atoms with Crippen molar-refractivity contribution in [2.45, 2.75) is 32.2 Å². The lowest BCUT2D eigenvalue weighted by Crippen LogP contribution is -2.24. The molecule has 0 aliphatic heterocycles. The Hall–Kier alpha value is -0.960. The largest absolute Gasteiger partial charge is 0.314 e. The molecule has 1 N–H and O–H groups in total. The summed E-state index contributed by atoms with van der Waals surface area (Å²) in [6.07, 6.45) is 6.33. The van der Waals surface area contributed by atoms with Crippen molar-refractivity contribution in [2.24, 2.45) is 5.92 Å². The minimum Gasteiger partial charge on any atom is -0.314 e. The first-order valence-corrected chi connectivity index (χ1v) is 5.57. The van der Waals surface area contributed by atoms with Crippen molar-refractivity contribution in [1.82, 2.24) is 10.3 Å². The average molecular weight is 208 g/mol. The van der Waals surface area contributed by atoms with Crippen molar-refractivity contribution in [1.29, 1.82) is 0 Å². The molecule has 0 aromatic carbocycles. The van der Waals surface area contributed by atoms with E-state index in [4.69, 9.17) is 0 Å².